The van der Waals surface area contributed by atoms with E-state index in [1.54, 1.807) is 6.20 Å². The monoisotopic (exact) mass is 419 g/mol. The van der Waals surface area contributed by atoms with Crippen molar-refractivity contribution in [2.45, 2.75) is 32.4 Å². The van der Waals surface area contributed by atoms with Gasteiger partial charge in [0.25, 0.3) is 0 Å². The number of aromatic nitrogens is 4. The van der Waals surface area contributed by atoms with Crippen LogP contribution in [0.2, 0.25) is 5.02 Å². The van der Waals surface area contributed by atoms with Crippen LogP contribution >= 0.6 is 11.6 Å². The summed E-state index contributed by atoms with van der Waals surface area (Å²) in [5, 5.41) is 16.8. The summed E-state index contributed by atoms with van der Waals surface area (Å²) in [6.45, 7) is 2.72. The Balaban J connectivity index is 1.30. The molecular weight excluding hydrogens is 398 g/mol. The summed E-state index contributed by atoms with van der Waals surface area (Å²) in [4.78, 5) is 8.59. The Bertz CT molecular complexity index is 1230. The number of pyridine rings is 2. The molecule has 152 valence electrons. The second-order valence-corrected chi connectivity index (χ2v) is 8.00. The fraction of sp³-hybridized carbons (Fsp3) is 0.227. The molecule has 0 saturated carbocycles. The number of nitrogens with zero attached hydrogens (tertiary/aromatic N) is 3. The first-order valence-electron chi connectivity index (χ1n) is 9.91. The molecule has 0 fully saturated rings. The van der Waals surface area contributed by atoms with Gasteiger partial charge in [-0.25, -0.2) is 9.97 Å². The number of fused-ring (bicyclic) bond motifs is 2. The van der Waals surface area contributed by atoms with Crippen molar-refractivity contribution in [1.82, 2.24) is 20.2 Å². The number of nitrogens with two attached hydrogens (primary N) is 1. The standard InChI is InChI=1S/C22H22ClN7/c1-12-15-4-5-19(21(15)30-29-12)28-20-8-13(6-7-25-20)10-26-14-2-3-16-17(9-14)18(23)11-27-22(16)24/h2-3,6-9,11,19,26H,4-5,10H2,1H3,(H2,24,27)(H,25,28)(H,29,30). The minimum atomic E-state index is 0.221. The van der Waals surface area contributed by atoms with Gasteiger partial charge in [-0.05, 0) is 61.2 Å². The molecule has 8 heteroatoms. The van der Waals surface area contributed by atoms with Crippen LogP contribution in [0.3, 0.4) is 0 Å². The van der Waals surface area contributed by atoms with Crippen LogP contribution in [-0.2, 0) is 13.0 Å². The lowest BCUT2D eigenvalue weighted by molar-refractivity contribution is 0.722. The lowest BCUT2D eigenvalue weighted by Gasteiger charge is -2.14. The van der Waals surface area contributed by atoms with E-state index in [4.69, 9.17) is 17.3 Å². The third-order valence-corrected chi connectivity index (χ3v) is 5.95. The van der Waals surface area contributed by atoms with Crippen LogP contribution in [0.4, 0.5) is 17.3 Å². The van der Waals surface area contributed by atoms with E-state index in [1.807, 2.05) is 37.4 Å². The lowest BCUT2D eigenvalue weighted by atomic mass is 10.1. The third-order valence-electron chi connectivity index (χ3n) is 5.65. The molecule has 4 aromatic rings. The highest BCUT2D eigenvalue weighted by molar-refractivity contribution is 6.35. The topological polar surface area (TPSA) is 105 Å². The molecule has 0 saturated heterocycles. The molecule has 3 aromatic heterocycles. The first-order chi connectivity index (χ1) is 14.6. The van der Waals surface area contributed by atoms with Crippen molar-refractivity contribution in [3.63, 3.8) is 0 Å². The smallest absolute Gasteiger partial charge is 0.131 e. The third kappa shape index (κ3) is 3.41. The van der Waals surface area contributed by atoms with Gasteiger partial charge < -0.3 is 16.4 Å². The Kier molecular flexibility index (Phi) is 4.67. The zero-order chi connectivity index (χ0) is 20.7. The van der Waals surface area contributed by atoms with Crippen molar-refractivity contribution < 1.29 is 0 Å². The summed E-state index contributed by atoms with van der Waals surface area (Å²) in [7, 11) is 0. The van der Waals surface area contributed by atoms with Crippen LogP contribution in [-0.4, -0.2) is 20.2 Å². The van der Waals surface area contributed by atoms with Crippen molar-refractivity contribution in [3.05, 3.63) is 70.3 Å². The maximum Gasteiger partial charge on any atom is 0.131 e. The van der Waals surface area contributed by atoms with Crippen LogP contribution < -0.4 is 16.4 Å². The molecular formula is C22H22ClN7. The molecule has 0 radical (unpaired) electrons. The maximum atomic E-state index is 6.29. The van der Waals surface area contributed by atoms with Gasteiger partial charge in [0.2, 0.25) is 0 Å². The number of nitrogen functional groups attached to an aromatic ring is 1. The van der Waals surface area contributed by atoms with Gasteiger partial charge in [-0.3, -0.25) is 5.10 Å². The highest BCUT2D eigenvalue weighted by Crippen LogP contribution is 2.33. The van der Waals surface area contributed by atoms with Gasteiger partial charge in [0.1, 0.15) is 11.6 Å². The van der Waals surface area contributed by atoms with Gasteiger partial charge in [0, 0.05) is 35.4 Å². The first-order valence-corrected chi connectivity index (χ1v) is 10.3. The second-order valence-electron chi connectivity index (χ2n) is 7.59. The van der Waals surface area contributed by atoms with Crippen LogP contribution in [0, 0.1) is 6.92 Å². The van der Waals surface area contributed by atoms with E-state index in [9.17, 15) is 0 Å². The molecule has 1 aliphatic carbocycles. The molecule has 0 amide bonds. The number of aromatic amines is 1. The number of anilines is 3. The molecule has 1 aromatic carbocycles. The maximum absolute atomic E-state index is 6.29. The van der Waals surface area contributed by atoms with Gasteiger partial charge in [0.05, 0.1) is 22.5 Å². The normalized spacial score (nSPS) is 15.3. The molecule has 5 rings (SSSR count). The molecule has 1 aliphatic rings. The van der Waals surface area contributed by atoms with E-state index in [2.05, 4.69) is 36.9 Å². The molecule has 0 aliphatic heterocycles. The zero-order valence-electron chi connectivity index (χ0n) is 16.5. The fourth-order valence-electron chi connectivity index (χ4n) is 4.04. The summed E-state index contributed by atoms with van der Waals surface area (Å²) >= 11 is 6.29. The van der Waals surface area contributed by atoms with Crippen LogP contribution in [0.5, 0.6) is 0 Å². The highest BCUT2D eigenvalue weighted by atomic mass is 35.5. The minimum Gasteiger partial charge on any atom is -0.383 e. The second kappa shape index (κ2) is 7.50. The molecule has 0 bridgehead atoms. The number of benzene rings is 1. The average Bonchev–Trinajstić information content (AvgIpc) is 3.33. The minimum absolute atomic E-state index is 0.221. The van der Waals surface area contributed by atoms with E-state index >= 15 is 0 Å². The number of hydrogen-bond donors (Lipinski definition) is 4. The molecule has 1 atom stereocenters. The number of halogens is 1. The van der Waals surface area contributed by atoms with Crippen molar-refractivity contribution in [2.24, 2.45) is 0 Å². The SMILES string of the molecule is Cc1n[nH]c2c1CCC2Nc1cc(CNc2ccc3c(N)ncc(Cl)c3c2)ccn1. The lowest BCUT2D eigenvalue weighted by Crippen LogP contribution is -2.10. The molecule has 5 N–H and O–H groups in total. The summed E-state index contributed by atoms with van der Waals surface area (Å²) in [6, 6.07) is 10.2. The number of aryl methyl sites for hydroxylation is 1. The van der Waals surface area contributed by atoms with E-state index in [-0.39, 0.29) is 6.04 Å². The molecule has 1 unspecified atom stereocenters. The largest absolute Gasteiger partial charge is 0.383 e. The number of rotatable bonds is 5. The Labute approximate surface area is 179 Å². The van der Waals surface area contributed by atoms with Gasteiger partial charge in [0.15, 0.2) is 0 Å². The van der Waals surface area contributed by atoms with Crippen LogP contribution in [0.25, 0.3) is 10.8 Å². The molecule has 7 nitrogen and oxygen atoms in total. The summed E-state index contributed by atoms with van der Waals surface area (Å²) in [5.74, 6) is 1.34. The first kappa shape index (κ1) is 18.7. The Morgan fingerprint density at radius 1 is 1.20 bits per heavy atom. The van der Waals surface area contributed by atoms with Crippen molar-refractivity contribution in [2.75, 3.05) is 16.4 Å². The predicted molar refractivity (Wildman–Crippen MR) is 121 cm³/mol. The summed E-state index contributed by atoms with van der Waals surface area (Å²) in [6.07, 6.45) is 5.50. The average molecular weight is 420 g/mol. The number of nitrogens with one attached hydrogen (secondary N) is 3. The molecule has 30 heavy (non-hydrogen) atoms. The van der Waals surface area contributed by atoms with Crippen molar-refractivity contribution in [1.29, 1.82) is 0 Å². The highest BCUT2D eigenvalue weighted by Gasteiger charge is 2.26. The van der Waals surface area contributed by atoms with Gasteiger partial charge >= 0.3 is 0 Å². The number of hydrogen-bond acceptors (Lipinski definition) is 6. The zero-order valence-corrected chi connectivity index (χ0v) is 17.3. The Hall–Kier alpha value is -3.32. The van der Waals surface area contributed by atoms with E-state index in [0.29, 0.717) is 17.4 Å². The van der Waals surface area contributed by atoms with Gasteiger partial charge in [-0.1, -0.05) is 11.6 Å². The van der Waals surface area contributed by atoms with Crippen LogP contribution in [0.15, 0.2) is 42.7 Å². The Morgan fingerprint density at radius 2 is 2.10 bits per heavy atom. The molecule has 3 heterocycles. The summed E-state index contributed by atoms with van der Waals surface area (Å²) < 4.78 is 0. The Morgan fingerprint density at radius 3 is 3.00 bits per heavy atom. The predicted octanol–water partition coefficient (Wildman–Crippen LogP) is 4.61. The fourth-order valence-corrected chi connectivity index (χ4v) is 4.25. The van der Waals surface area contributed by atoms with Gasteiger partial charge in [-0.15, -0.1) is 0 Å². The quantitative estimate of drug-likeness (QED) is 0.376. The number of H-pyrrole nitrogens is 1. The van der Waals surface area contributed by atoms with Crippen molar-refractivity contribution >= 4 is 39.7 Å². The van der Waals surface area contributed by atoms with Crippen LogP contribution in [0.1, 0.15) is 35.0 Å². The van der Waals surface area contributed by atoms with Crippen molar-refractivity contribution in [3.8, 4) is 0 Å². The summed E-state index contributed by atoms with van der Waals surface area (Å²) in [5.41, 5.74) is 11.6. The van der Waals surface area contributed by atoms with E-state index < -0.39 is 0 Å². The van der Waals surface area contributed by atoms with Gasteiger partial charge in [-0.2, -0.15) is 5.10 Å². The molecule has 0 spiro atoms. The van der Waals surface area contributed by atoms with E-state index in [1.165, 1.54) is 11.3 Å². The van der Waals surface area contributed by atoms with E-state index in [0.717, 1.165) is 46.4 Å².